The van der Waals surface area contributed by atoms with E-state index in [2.05, 4.69) is 10.6 Å². The highest BCUT2D eigenvalue weighted by atomic mass is 35.5. The minimum Gasteiger partial charge on any atom is -0.384 e. The monoisotopic (exact) mass is 366 g/mol. The van der Waals surface area contributed by atoms with E-state index in [-0.39, 0.29) is 24.9 Å². The Kier molecular flexibility index (Phi) is 7.26. The molecule has 1 atom stereocenters. The van der Waals surface area contributed by atoms with Crippen molar-refractivity contribution in [3.8, 4) is 0 Å². The summed E-state index contributed by atoms with van der Waals surface area (Å²) in [7, 11) is 0. The average Bonchev–Trinajstić information content (AvgIpc) is 2.59. The van der Waals surface area contributed by atoms with Crippen LogP contribution in [0.4, 0.5) is 0 Å². The Bertz CT molecular complexity index is 598. The van der Waals surface area contributed by atoms with Crippen LogP contribution in [0.3, 0.4) is 0 Å². The Hall–Kier alpha value is -1.59. The molecule has 0 bridgehead atoms. The van der Waals surface area contributed by atoms with Gasteiger partial charge in [0.05, 0.1) is 13.1 Å². The predicted molar refractivity (Wildman–Crippen MR) is 98.2 cm³/mol. The molecule has 2 amide bonds. The molecule has 3 N–H and O–H groups in total. The van der Waals surface area contributed by atoms with Crippen LogP contribution >= 0.6 is 11.6 Å². The minimum atomic E-state index is -1.28. The van der Waals surface area contributed by atoms with Gasteiger partial charge >= 0.3 is 0 Å². The normalized spacial score (nSPS) is 17.6. The van der Waals surface area contributed by atoms with Crippen molar-refractivity contribution < 1.29 is 14.7 Å². The summed E-state index contributed by atoms with van der Waals surface area (Å²) in [6, 6.07) is 6.98. The van der Waals surface area contributed by atoms with Crippen LogP contribution in [-0.4, -0.2) is 30.0 Å². The summed E-state index contributed by atoms with van der Waals surface area (Å²) in [5, 5.41) is 16.3. The van der Waals surface area contributed by atoms with Crippen LogP contribution in [0.2, 0.25) is 5.02 Å². The number of amides is 2. The third-order valence-electron chi connectivity index (χ3n) is 4.73. The Morgan fingerprint density at radius 1 is 1.16 bits per heavy atom. The molecule has 25 heavy (non-hydrogen) atoms. The molecule has 0 aromatic heterocycles. The van der Waals surface area contributed by atoms with Crippen LogP contribution in [0, 0.1) is 5.92 Å². The van der Waals surface area contributed by atoms with E-state index < -0.39 is 5.60 Å². The summed E-state index contributed by atoms with van der Waals surface area (Å²) in [6.07, 6.45) is 6.32. The number of rotatable bonds is 7. The van der Waals surface area contributed by atoms with Crippen molar-refractivity contribution in [3.63, 3.8) is 0 Å². The molecule has 0 radical (unpaired) electrons. The molecule has 1 aliphatic carbocycles. The first-order valence-electron chi connectivity index (χ1n) is 8.89. The molecule has 138 valence electrons. The van der Waals surface area contributed by atoms with E-state index in [1.54, 1.807) is 31.2 Å². The fourth-order valence-corrected chi connectivity index (χ4v) is 3.57. The zero-order valence-corrected chi connectivity index (χ0v) is 15.4. The molecule has 2 rings (SSSR count). The molecule has 1 aliphatic rings. The van der Waals surface area contributed by atoms with Gasteiger partial charge in [0.25, 0.3) is 0 Å². The van der Waals surface area contributed by atoms with Gasteiger partial charge in [-0.25, -0.2) is 0 Å². The number of carbonyl (C=O) groups excluding carboxylic acids is 2. The van der Waals surface area contributed by atoms with Crippen molar-refractivity contribution in [2.24, 2.45) is 5.92 Å². The standard InChI is InChI=1S/C19H27ClN2O3/c1-19(25,15-9-5-6-10-16(15)20)13-22-18(24)12-21-17(23)11-14-7-3-2-4-8-14/h5-6,9-10,14,25H,2-4,7-8,11-13H2,1H3,(H,21,23)(H,22,24)/t19-/m0/s1. The van der Waals surface area contributed by atoms with Crippen LogP contribution in [-0.2, 0) is 15.2 Å². The molecular formula is C19H27ClN2O3. The zero-order chi connectivity index (χ0) is 18.3. The van der Waals surface area contributed by atoms with E-state index in [4.69, 9.17) is 11.6 Å². The van der Waals surface area contributed by atoms with E-state index in [0.717, 1.165) is 12.8 Å². The number of carbonyl (C=O) groups is 2. The van der Waals surface area contributed by atoms with Gasteiger partial charge in [0.1, 0.15) is 5.60 Å². The highest BCUT2D eigenvalue weighted by Crippen LogP contribution is 2.27. The molecule has 0 aliphatic heterocycles. The molecule has 0 saturated heterocycles. The highest BCUT2D eigenvalue weighted by molar-refractivity contribution is 6.31. The second-order valence-electron chi connectivity index (χ2n) is 7.02. The second-order valence-corrected chi connectivity index (χ2v) is 7.42. The number of halogens is 1. The van der Waals surface area contributed by atoms with Gasteiger partial charge in [0.2, 0.25) is 11.8 Å². The maximum Gasteiger partial charge on any atom is 0.239 e. The third kappa shape index (κ3) is 6.33. The second kappa shape index (κ2) is 9.20. The van der Waals surface area contributed by atoms with Gasteiger partial charge in [-0.2, -0.15) is 0 Å². The topological polar surface area (TPSA) is 78.4 Å². The van der Waals surface area contributed by atoms with Crippen molar-refractivity contribution in [3.05, 3.63) is 34.9 Å². The van der Waals surface area contributed by atoms with Gasteiger partial charge in [-0.1, -0.05) is 49.1 Å². The lowest BCUT2D eigenvalue weighted by Crippen LogP contribution is -2.43. The van der Waals surface area contributed by atoms with Crippen LogP contribution in [0.15, 0.2) is 24.3 Å². The first-order valence-corrected chi connectivity index (χ1v) is 9.27. The Morgan fingerprint density at radius 2 is 1.84 bits per heavy atom. The quantitative estimate of drug-likeness (QED) is 0.694. The Morgan fingerprint density at radius 3 is 2.52 bits per heavy atom. The minimum absolute atomic E-state index is 0.0219. The number of aliphatic hydroxyl groups is 1. The van der Waals surface area contributed by atoms with Crippen molar-refractivity contribution in [1.29, 1.82) is 0 Å². The van der Waals surface area contributed by atoms with E-state index >= 15 is 0 Å². The fourth-order valence-electron chi connectivity index (χ4n) is 3.23. The first-order chi connectivity index (χ1) is 11.9. The summed E-state index contributed by atoms with van der Waals surface area (Å²) in [4.78, 5) is 23.9. The molecule has 1 fully saturated rings. The van der Waals surface area contributed by atoms with E-state index in [1.165, 1.54) is 19.3 Å². The summed E-state index contributed by atoms with van der Waals surface area (Å²) in [6.45, 7) is 1.54. The number of nitrogens with one attached hydrogen (secondary N) is 2. The lowest BCUT2D eigenvalue weighted by atomic mass is 9.87. The van der Waals surface area contributed by atoms with Crippen molar-refractivity contribution in [1.82, 2.24) is 10.6 Å². The Labute approximate surface area is 154 Å². The van der Waals surface area contributed by atoms with Crippen molar-refractivity contribution >= 4 is 23.4 Å². The molecule has 5 nitrogen and oxygen atoms in total. The smallest absolute Gasteiger partial charge is 0.239 e. The van der Waals surface area contributed by atoms with E-state index in [0.29, 0.717) is 22.9 Å². The van der Waals surface area contributed by atoms with Gasteiger partial charge in [-0.3, -0.25) is 9.59 Å². The predicted octanol–water partition coefficient (Wildman–Crippen LogP) is 2.75. The van der Waals surface area contributed by atoms with E-state index in [9.17, 15) is 14.7 Å². The lowest BCUT2D eigenvalue weighted by Gasteiger charge is -2.25. The summed E-state index contributed by atoms with van der Waals surface area (Å²) in [5.74, 6) is 0.0296. The molecule has 0 spiro atoms. The van der Waals surface area contributed by atoms with Crippen LogP contribution in [0.5, 0.6) is 0 Å². The van der Waals surface area contributed by atoms with Gasteiger partial charge < -0.3 is 15.7 Å². The van der Waals surface area contributed by atoms with Crippen LogP contribution in [0.1, 0.15) is 51.0 Å². The van der Waals surface area contributed by atoms with Gasteiger partial charge in [-0.15, -0.1) is 0 Å². The number of hydrogen-bond acceptors (Lipinski definition) is 3. The maximum atomic E-state index is 11.9. The molecule has 6 heteroatoms. The van der Waals surface area contributed by atoms with E-state index in [1.807, 2.05) is 0 Å². The number of hydrogen-bond donors (Lipinski definition) is 3. The fraction of sp³-hybridized carbons (Fsp3) is 0.579. The zero-order valence-electron chi connectivity index (χ0n) is 14.7. The molecule has 1 aromatic carbocycles. The van der Waals surface area contributed by atoms with Crippen LogP contribution < -0.4 is 10.6 Å². The molecule has 1 saturated carbocycles. The van der Waals surface area contributed by atoms with Gasteiger partial charge in [0, 0.05) is 17.0 Å². The summed E-state index contributed by atoms with van der Waals surface area (Å²) >= 11 is 6.09. The first kappa shape index (κ1) is 19.7. The molecule has 0 heterocycles. The van der Waals surface area contributed by atoms with Gasteiger partial charge in [0.15, 0.2) is 0 Å². The Balaban J connectivity index is 1.72. The van der Waals surface area contributed by atoms with Gasteiger partial charge in [-0.05, 0) is 31.7 Å². The molecular weight excluding hydrogens is 340 g/mol. The maximum absolute atomic E-state index is 11.9. The highest BCUT2D eigenvalue weighted by Gasteiger charge is 2.26. The largest absolute Gasteiger partial charge is 0.384 e. The summed E-state index contributed by atoms with van der Waals surface area (Å²) < 4.78 is 0. The molecule has 1 aromatic rings. The third-order valence-corrected chi connectivity index (χ3v) is 5.06. The van der Waals surface area contributed by atoms with Crippen molar-refractivity contribution in [2.45, 2.75) is 51.0 Å². The SMILES string of the molecule is C[C@](O)(CNC(=O)CNC(=O)CC1CCCCC1)c1ccccc1Cl. The average molecular weight is 367 g/mol. The molecule has 0 unspecified atom stereocenters. The van der Waals surface area contributed by atoms with Crippen LogP contribution in [0.25, 0.3) is 0 Å². The number of benzene rings is 1. The summed E-state index contributed by atoms with van der Waals surface area (Å²) in [5.41, 5.74) is -0.724. The lowest BCUT2D eigenvalue weighted by molar-refractivity contribution is -0.127. The van der Waals surface area contributed by atoms with Crippen molar-refractivity contribution in [2.75, 3.05) is 13.1 Å².